The summed E-state index contributed by atoms with van der Waals surface area (Å²) in [5, 5.41) is 0.471. The van der Waals surface area contributed by atoms with Crippen LogP contribution >= 0.6 is 11.6 Å². The van der Waals surface area contributed by atoms with Crippen LogP contribution in [-0.2, 0) is 4.74 Å². The number of hydrogen-bond donors (Lipinski definition) is 0. The van der Waals surface area contributed by atoms with Gasteiger partial charge in [-0.05, 0) is 17.5 Å². The molecule has 0 fully saturated rings. The number of halogens is 1. The summed E-state index contributed by atoms with van der Waals surface area (Å²) < 4.78 is 5.28. The van der Waals surface area contributed by atoms with Gasteiger partial charge >= 0.3 is 0 Å². The average molecular weight is 241 g/mol. The van der Waals surface area contributed by atoms with Gasteiger partial charge in [0.05, 0.1) is 5.02 Å². The Kier molecular flexibility index (Phi) is 4.11. The lowest BCUT2D eigenvalue weighted by atomic mass is 9.84. The summed E-state index contributed by atoms with van der Waals surface area (Å²) in [6, 6.07) is 7.04. The SMILES string of the molecule is COC(C(=O)c1ccccc1Cl)C(C)(C)C. The van der Waals surface area contributed by atoms with E-state index in [1.807, 2.05) is 20.8 Å². The van der Waals surface area contributed by atoms with Crippen LogP contribution in [0.3, 0.4) is 0 Å². The van der Waals surface area contributed by atoms with Gasteiger partial charge in [0.15, 0.2) is 5.78 Å². The fraction of sp³-hybridized carbons (Fsp3) is 0.462. The third kappa shape index (κ3) is 2.83. The number of rotatable bonds is 3. The quantitative estimate of drug-likeness (QED) is 0.755. The molecule has 0 amide bonds. The number of carbonyl (C=O) groups excluding carboxylic acids is 1. The lowest BCUT2D eigenvalue weighted by Gasteiger charge is -2.28. The Morgan fingerprint density at radius 1 is 1.31 bits per heavy atom. The Morgan fingerprint density at radius 3 is 2.31 bits per heavy atom. The standard InChI is InChI=1S/C13H17ClO2/c1-13(2,3)12(16-4)11(15)9-7-5-6-8-10(9)14/h5-8,12H,1-4H3. The molecule has 1 unspecified atom stereocenters. The summed E-state index contributed by atoms with van der Waals surface area (Å²) in [5.41, 5.74) is 0.274. The summed E-state index contributed by atoms with van der Waals surface area (Å²) in [6.45, 7) is 5.90. The monoisotopic (exact) mass is 240 g/mol. The maximum absolute atomic E-state index is 12.2. The molecule has 0 bridgehead atoms. The molecule has 1 aromatic carbocycles. The molecule has 0 aliphatic carbocycles. The minimum atomic E-state index is -0.479. The van der Waals surface area contributed by atoms with Gasteiger partial charge in [0, 0.05) is 12.7 Å². The number of hydrogen-bond acceptors (Lipinski definition) is 2. The van der Waals surface area contributed by atoms with Crippen molar-refractivity contribution >= 4 is 17.4 Å². The molecule has 0 radical (unpaired) electrons. The van der Waals surface area contributed by atoms with E-state index in [1.54, 1.807) is 31.4 Å². The van der Waals surface area contributed by atoms with Crippen LogP contribution in [0, 0.1) is 5.41 Å². The minimum Gasteiger partial charge on any atom is -0.373 e. The van der Waals surface area contributed by atoms with Crippen molar-refractivity contribution in [3.63, 3.8) is 0 Å². The van der Waals surface area contributed by atoms with Gasteiger partial charge in [-0.15, -0.1) is 0 Å². The third-order valence-electron chi connectivity index (χ3n) is 2.40. The first-order valence-electron chi connectivity index (χ1n) is 5.19. The fourth-order valence-corrected chi connectivity index (χ4v) is 1.89. The number of methoxy groups -OCH3 is 1. The Morgan fingerprint density at radius 2 is 1.88 bits per heavy atom. The van der Waals surface area contributed by atoms with Crippen molar-refractivity contribution in [2.75, 3.05) is 7.11 Å². The van der Waals surface area contributed by atoms with Crippen LogP contribution in [-0.4, -0.2) is 19.0 Å². The summed E-state index contributed by atoms with van der Waals surface area (Å²) in [7, 11) is 1.55. The van der Waals surface area contributed by atoms with Gasteiger partial charge in [-0.25, -0.2) is 0 Å². The molecule has 0 aromatic heterocycles. The molecule has 1 atom stereocenters. The Balaban J connectivity index is 3.06. The first kappa shape index (κ1) is 13.2. The van der Waals surface area contributed by atoms with Gasteiger partial charge < -0.3 is 4.74 Å². The highest BCUT2D eigenvalue weighted by molar-refractivity contribution is 6.34. The minimum absolute atomic E-state index is 0.0689. The predicted molar refractivity (Wildman–Crippen MR) is 66.0 cm³/mol. The van der Waals surface area contributed by atoms with Crippen LogP contribution in [0.5, 0.6) is 0 Å². The second-order valence-electron chi connectivity index (χ2n) is 4.83. The topological polar surface area (TPSA) is 26.3 Å². The molecular weight excluding hydrogens is 224 g/mol. The molecule has 2 nitrogen and oxygen atoms in total. The van der Waals surface area contributed by atoms with Gasteiger partial charge in [0.1, 0.15) is 6.10 Å². The number of Topliss-reactive ketones (excluding diaryl/α,β-unsaturated/α-hetero) is 1. The molecule has 1 aromatic rings. The van der Waals surface area contributed by atoms with E-state index in [4.69, 9.17) is 16.3 Å². The van der Waals surface area contributed by atoms with Crippen LogP contribution in [0.4, 0.5) is 0 Å². The van der Waals surface area contributed by atoms with Crippen molar-refractivity contribution in [2.45, 2.75) is 26.9 Å². The number of ether oxygens (including phenoxy) is 1. The van der Waals surface area contributed by atoms with Gasteiger partial charge in [-0.1, -0.05) is 44.5 Å². The Hall–Kier alpha value is -0.860. The maximum Gasteiger partial charge on any atom is 0.193 e. The van der Waals surface area contributed by atoms with E-state index in [1.165, 1.54) is 0 Å². The van der Waals surface area contributed by atoms with E-state index >= 15 is 0 Å². The zero-order valence-electron chi connectivity index (χ0n) is 10.1. The lowest BCUT2D eigenvalue weighted by molar-refractivity contribution is 0.0196. The smallest absolute Gasteiger partial charge is 0.193 e. The summed E-state index contributed by atoms with van der Waals surface area (Å²) >= 11 is 5.99. The second-order valence-corrected chi connectivity index (χ2v) is 5.23. The van der Waals surface area contributed by atoms with Crippen molar-refractivity contribution in [2.24, 2.45) is 5.41 Å². The highest BCUT2D eigenvalue weighted by atomic mass is 35.5. The zero-order chi connectivity index (χ0) is 12.3. The van der Waals surface area contributed by atoms with Crippen LogP contribution in [0.25, 0.3) is 0 Å². The molecule has 0 N–H and O–H groups in total. The van der Waals surface area contributed by atoms with Crippen LogP contribution in [0.15, 0.2) is 24.3 Å². The average Bonchev–Trinajstić information content (AvgIpc) is 2.17. The number of carbonyl (C=O) groups is 1. The van der Waals surface area contributed by atoms with Crippen molar-refractivity contribution in [1.29, 1.82) is 0 Å². The Bertz CT molecular complexity index is 380. The van der Waals surface area contributed by atoms with Gasteiger partial charge in [0.2, 0.25) is 0 Å². The maximum atomic E-state index is 12.2. The van der Waals surface area contributed by atoms with Gasteiger partial charge in [-0.3, -0.25) is 4.79 Å². The van der Waals surface area contributed by atoms with E-state index in [-0.39, 0.29) is 11.2 Å². The van der Waals surface area contributed by atoms with Gasteiger partial charge in [0.25, 0.3) is 0 Å². The van der Waals surface area contributed by atoms with E-state index in [0.29, 0.717) is 10.6 Å². The first-order chi connectivity index (χ1) is 7.38. The van der Waals surface area contributed by atoms with Crippen molar-refractivity contribution in [3.8, 4) is 0 Å². The third-order valence-corrected chi connectivity index (χ3v) is 2.73. The van der Waals surface area contributed by atoms with E-state index in [0.717, 1.165) is 0 Å². The summed E-state index contributed by atoms with van der Waals surface area (Å²) in [6.07, 6.45) is -0.479. The normalized spacial score (nSPS) is 13.6. The lowest BCUT2D eigenvalue weighted by Crippen LogP contribution is -2.36. The van der Waals surface area contributed by atoms with Crippen LogP contribution < -0.4 is 0 Å². The summed E-state index contributed by atoms with van der Waals surface area (Å²) in [4.78, 5) is 12.2. The van der Waals surface area contributed by atoms with Crippen molar-refractivity contribution in [1.82, 2.24) is 0 Å². The molecular formula is C13H17ClO2. The largest absolute Gasteiger partial charge is 0.373 e. The van der Waals surface area contributed by atoms with Crippen molar-refractivity contribution < 1.29 is 9.53 Å². The molecule has 0 saturated carbocycles. The van der Waals surface area contributed by atoms with Gasteiger partial charge in [-0.2, -0.15) is 0 Å². The number of benzene rings is 1. The molecule has 0 saturated heterocycles. The van der Waals surface area contributed by atoms with Crippen LogP contribution in [0.2, 0.25) is 5.02 Å². The molecule has 0 aliphatic rings. The van der Waals surface area contributed by atoms with E-state index in [2.05, 4.69) is 0 Å². The highest BCUT2D eigenvalue weighted by Gasteiger charge is 2.32. The van der Waals surface area contributed by atoms with E-state index in [9.17, 15) is 4.79 Å². The molecule has 16 heavy (non-hydrogen) atoms. The molecule has 3 heteroatoms. The molecule has 0 heterocycles. The van der Waals surface area contributed by atoms with Crippen LogP contribution in [0.1, 0.15) is 31.1 Å². The predicted octanol–water partition coefficient (Wildman–Crippen LogP) is 3.58. The zero-order valence-corrected chi connectivity index (χ0v) is 10.8. The highest BCUT2D eigenvalue weighted by Crippen LogP contribution is 2.27. The molecule has 0 spiro atoms. The first-order valence-corrected chi connectivity index (χ1v) is 5.57. The van der Waals surface area contributed by atoms with E-state index < -0.39 is 6.10 Å². The fourth-order valence-electron chi connectivity index (χ4n) is 1.66. The van der Waals surface area contributed by atoms with Crippen molar-refractivity contribution in [3.05, 3.63) is 34.9 Å². The molecule has 88 valence electrons. The molecule has 0 aliphatic heterocycles. The second kappa shape index (κ2) is 4.98. The Labute approximate surface area is 102 Å². The molecule has 1 rings (SSSR count). The number of ketones is 1. The summed E-state index contributed by atoms with van der Waals surface area (Å²) in [5.74, 6) is -0.0689.